The molecule has 0 bridgehead atoms. The van der Waals surface area contributed by atoms with Gasteiger partial charge in [-0.15, -0.1) is 11.3 Å². The van der Waals surface area contributed by atoms with Gasteiger partial charge in [-0.2, -0.15) is 0 Å². The number of pyridine rings is 1. The van der Waals surface area contributed by atoms with E-state index in [4.69, 9.17) is 9.47 Å². The minimum Gasteiger partial charge on any atom is -0.491 e. The van der Waals surface area contributed by atoms with Gasteiger partial charge >= 0.3 is 0 Å². The smallest absolute Gasteiger partial charge is 0.263 e. The van der Waals surface area contributed by atoms with Crippen molar-refractivity contribution in [2.75, 3.05) is 26.3 Å². The molecule has 2 saturated heterocycles. The van der Waals surface area contributed by atoms with Crippen LogP contribution in [-0.2, 0) is 4.74 Å². The molecule has 2 atom stereocenters. The number of rotatable bonds is 4. The lowest BCUT2D eigenvalue weighted by Gasteiger charge is -2.50. The lowest BCUT2D eigenvalue weighted by Crippen LogP contribution is -2.58. The standard InChI is InChI=1S/C19H22N2O3S/c22-18(16-5-2-11-25-16)21-9-6-17-19(13-21,7-3-10-23-17)14-24-15-4-1-8-20-12-15/h1-2,4-5,8,11-12,17H,3,6-7,9-10,13-14H2/t17-,19+/m0/s1. The third-order valence-electron chi connectivity index (χ3n) is 5.17. The summed E-state index contributed by atoms with van der Waals surface area (Å²) >= 11 is 1.50. The van der Waals surface area contributed by atoms with Crippen molar-refractivity contribution in [3.63, 3.8) is 0 Å². The van der Waals surface area contributed by atoms with Gasteiger partial charge in [0.25, 0.3) is 5.91 Å². The van der Waals surface area contributed by atoms with Gasteiger partial charge in [0, 0.05) is 31.3 Å². The molecular formula is C19H22N2O3S. The van der Waals surface area contributed by atoms with Crippen molar-refractivity contribution in [1.82, 2.24) is 9.88 Å². The van der Waals surface area contributed by atoms with Crippen LogP contribution in [0.25, 0.3) is 0 Å². The molecule has 0 aromatic carbocycles. The Morgan fingerprint density at radius 2 is 2.40 bits per heavy atom. The van der Waals surface area contributed by atoms with Gasteiger partial charge in [-0.3, -0.25) is 9.78 Å². The van der Waals surface area contributed by atoms with E-state index in [1.165, 1.54) is 11.3 Å². The van der Waals surface area contributed by atoms with Gasteiger partial charge in [-0.05, 0) is 42.8 Å². The number of carbonyl (C=O) groups excluding carboxylic acids is 1. The Labute approximate surface area is 151 Å². The molecule has 2 fully saturated rings. The molecule has 132 valence electrons. The molecule has 0 aliphatic carbocycles. The number of thiophene rings is 1. The van der Waals surface area contributed by atoms with Crippen molar-refractivity contribution >= 4 is 17.2 Å². The number of ether oxygens (including phenoxy) is 2. The first kappa shape index (κ1) is 16.5. The fourth-order valence-electron chi connectivity index (χ4n) is 3.89. The highest BCUT2D eigenvalue weighted by Crippen LogP contribution is 2.41. The third kappa shape index (κ3) is 3.41. The minimum atomic E-state index is -0.140. The second-order valence-corrected chi connectivity index (χ2v) is 7.74. The van der Waals surface area contributed by atoms with Gasteiger partial charge in [0.1, 0.15) is 5.75 Å². The Kier molecular flexibility index (Phi) is 4.72. The van der Waals surface area contributed by atoms with Gasteiger partial charge in [0.2, 0.25) is 0 Å². The summed E-state index contributed by atoms with van der Waals surface area (Å²) in [4.78, 5) is 19.7. The molecule has 2 aromatic rings. The molecule has 5 nitrogen and oxygen atoms in total. The number of hydrogen-bond acceptors (Lipinski definition) is 5. The first-order valence-corrected chi connectivity index (χ1v) is 9.62. The molecule has 2 aromatic heterocycles. The van der Waals surface area contributed by atoms with Gasteiger partial charge in [0.15, 0.2) is 0 Å². The van der Waals surface area contributed by atoms with Gasteiger partial charge in [-0.25, -0.2) is 0 Å². The maximum absolute atomic E-state index is 12.8. The summed E-state index contributed by atoms with van der Waals surface area (Å²) in [6, 6.07) is 7.61. The second-order valence-electron chi connectivity index (χ2n) is 6.80. The van der Waals surface area contributed by atoms with Crippen LogP contribution in [0.5, 0.6) is 5.75 Å². The summed E-state index contributed by atoms with van der Waals surface area (Å²) in [5, 5.41) is 1.95. The van der Waals surface area contributed by atoms with Crippen molar-refractivity contribution in [1.29, 1.82) is 0 Å². The quantitative estimate of drug-likeness (QED) is 0.842. The Morgan fingerprint density at radius 1 is 1.44 bits per heavy atom. The molecule has 6 heteroatoms. The van der Waals surface area contributed by atoms with Crippen LogP contribution >= 0.6 is 11.3 Å². The summed E-state index contributed by atoms with van der Waals surface area (Å²) < 4.78 is 12.1. The molecule has 2 aliphatic heterocycles. The van der Waals surface area contributed by atoms with Crippen LogP contribution in [0.2, 0.25) is 0 Å². The fraction of sp³-hybridized carbons (Fsp3) is 0.474. The van der Waals surface area contributed by atoms with Gasteiger partial charge in [-0.1, -0.05) is 6.07 Å². The van der Waals surface area contributed by atoms with Crippen LogP contribution < -0.4 is 4.74 Å². The first-order chi connectivity index (χ1) is 12.3. The van der Waals surface area contributed by atoms with E-state index >= 15 is 0 Å². The highest BCUT2D eigenvalue weighted by atomic mass is 32.1. The molecule has 2 aliphatic rings. The summed E-state index contributed by atoms with van der Waals surface area (Å²) in [5.74, 6) is 0.891. The second kappa shape index (κ2) is 7.14. The van der Waals surface area contributed by atoms with Crippen LogP contribution in [0.1, 0.15) is 28.9 Å². The van der Waals surface area contributed by atoms with Crippen LogP contribution in [0.4, 0.5) is 0 Å². The summed E-state index contributed by atoms with van der Waals surface area (Å²) in [7, 11) is 0. The van der Waals surface area contributed by atoms with E-state index in [9.17, 15) is 4.79 Å². The maximum atomic E-state index is 12.8. The van der Waals surface area contributed by atoms with E-state index in [1.54, 1.807) is 12.4 Å². The summed E-state index contributed by atoms with van der Waals surface area (Å²) in [5.41, 5.74) is -0.140. The average Bonchev–Trinajstić information content (AvgIpc) is 3.21. The zero-order valence-corrected chi connectivity index (χ0v) is 14.9. The third-order valence-corrected chi connectivity index (χ3v) is 6.03. The maximum Gasteiger partial charge on any atom is 0.263 e. The molecule has 0 radical (unpaired) electrons. The number of hydrogen-bond donors (Lipinski definition) is 0. The number of fused-ring (bicyclic) bond motifs is 1. The van der Waals surface area contributed by atoms with Gasteiger partial charge < -0.3 is 14.4 Å². The SMILES string of the molecule is O=C(c1cccs1)N1CC[C@@H]2OCCC[C@]2(COc2cccnc2)C1. The van der Waals surface area contributed by atoms with Crippen molar-refractivity contribution in [3.8, 4) is 5.75 Å². The normalized spacial score (nSPS) is 26.1. The minimum absolute atomic E-state index is 0.125. The van der Waals surface area contributed by atoms with E-state index in [0.29, 0.717) is 13.2 Å². The zero-order chi connectivity index (χ0) is 17.1. The number of nitrogens with zero attached hydrogens (tertiary/aromatic N) is 2. The Hall–Kier alpha value is -1.92. The largest absolute Gasteiger partial charge is 0.491 e. The lowest BCUT2D eigenvalue weighted by molar-refractivity contribution is -0.133. The van der Waals surface area contributed by atoms with Crippen LogP contribution in [0.3, 0.4) is 0 Å². The van der Waals surface area contributed by atoms with Crippen molar-refractivity contribution in [3.05, 3.63) is 46.9 Å². The highest BCUT2D eigenvalue weighted by Gasteiger charge is 2.47. The van der Waals surface area contributed by atoms with Crippen LogP contribution in [0.15, 0.2) is 42.0 Å². The monoisotopic (exact) mass is 358 g/mol. The van der Waals surface area contributed by atoms with E-state index < -0.39 is 0 Å². The van der Waals surface area contributed by atoms with E-state index in [2.05, 4.69) is 4.98 Å². The Balaban J connectivity index is 1.51. The number of likely N-dealkylation sites (tertiary alicyclic amines) is 1. The molecule has 0 spiro atoms. The van der Waals surface area contributed by atoms with Crippen LogP contribution in [-0.4, -0.2) is 48.2 Å². The molecule has 0 unspecified atom stereocenters. The molecule has 4 rings (SSSR count). The highest BCUT2D eigenvalue weighted by molar-refractivity contribution is 7.12. The Bertz CT molecular complexity index is 707. The molecule has 4 heterocycles. The fourth-order valence-corrected chi connectivity index (χ4v) is 4.58. The van der Waals surface area contributed by atoms with Crippen LogP contribution in [0, 0.1) is 5.41 Å². The number of aromatic nitrogens is 1. The van der Waals surface area contributed by atoms with E-state index in [-0.39, 0.29) is 17.4 Å². The van der Waals surface area contributed by atoms with Crippen molar-refractivity contribution in [2.45, 2.75) is 25.4 Å². The predicted molar refractivity (Wildman–Crippen MR) is 96.0 cm³/mol. The molecule has 1 amide bonds. The zero-order valence-electron chi connectivity index (χ0n) is 14.1. The summed E-state index contributed by atoms with van der Waals surface area (Å²) in [6.07, 6.45) is 6.52. The number of carbonyl (C=O) groups is 1. The average molecular weight is 358 g/mol. The topological polar surface area (TPSA) is 51.7 Å². The van der Waals surface area contributed by atoms with Crippen molar-refractivity contribution in [2.24, 2.45) is 5.41 Å². The predicted octanol–water partition coefficient (Wildman–Crippen LogP) is 3.23. The van der Waals surface area contributed by atoms with Crippen molar-refractivity contribution < 1.29 is 14.3 Å². The van der Waals surface area contributed by atoms with E-state index in [1.807, 2.05) is 34.5 Å². The van der Waals surface area contributed by atoms with Gasteiger partial charge in [0.05, 0.1) is 23.8 Å². The van der Waals surface area contributed by atoms with E-state index in [0.717, 1.165) is 43.0 Å². The molecule has 0 N–H and O–H groups in total. The molecule has 0 saturated carbocycles. The lowest BCUT2D eigenvalue weighted by atomic mass is 9.73. The number of piperidine rings is 1. The molecule has 25 heavy (non-hydrogen) atoms. The molecular weight excluding hydrogens is 336 g/mol. The Morgan fingerprint density at radius 3 is 3.20 bits per heavy atom. The number of amides is 1. The summed E-state index contributed by atoms with van der Waals surface area (Å²) in [6.45, 7) is 2.79. The first-order valence-electron chi connectivity index (χ1n) is 8.74.